The number of guanidine groups is 1. The average molecular weight is 630 g/mol. The Kier molecular flexibility index (Phi) is 19.9. The molecule has 248 valence electrons. The molecule has 0 aromatic rings. The number of carbonyl (C=O) groups is 1. The van der Waals surface area contributed by atoms with E-state index in [1.54, 1.807) is 4.90 Å². The van der Waals surface area contributed by atoms with E-state index < -0.39 is 32.0 Å². The Balaban J connectivity index is 1.48. The van der Waals surface area contributed by atoms with Gasteiger partial charge in [0.2, 0.25) is 5.96 Å². The van der Waals surface area contributed by atoms with Crippen LogP contribution in [0.5, 0.6) is 0 Å². The van der Waals surface area contributed by atoms with E-state index in [2.05, 4.69) is 21.9 Å². The van der Waals surface area contributed by atoms with E-state index >= 15 is 0 Å². The summed E-state index contributed by atoms with van der Waals surface area (Å²) >= 11 is 0. The van der Waals surface area contributed by atoms with Crippen molar-refractivity contribution in [1.29, 1.82) is 0 Å². The molecule has 0 aromatic carbocycles. The van der Waals surface area contributed by atoms with E-state index in [0.29, 0.717) is 32.1 Å². The number of unbranched alkanes of at least 4 members (excludes halogenated alkanes) is 13. The van der Waals surface area contributed by atoms with Crippen LogP contribution in [0.25, 0.3) is 0 Å². The van der Waals surface area contributed by atoms with Gasteiger partial charge in [0.25, 0.3) is 5.91 Å². The van der Waals surface area contributed by atoms with Crippen molar-refractivity contribution in [2.45, 2.75) is 122 Å². The second kappa shape index (κ2) is 22.8. The number of ether oxygens (including phenoxy) is 3. The van der Waals surface area contributed by atoms with Crippen molar-refractivity contribution in [1.82, 2.24) is 4.90 Å². The lowest BCUT2D eigenvalue weighted by molar-refractivity contribution is -0.117. The van der Waals surface area contributed by atoms with Crippen LogP contribution in [0, 0.1) is 0 Å². The third kappa shape index (κ3) is 16.8. The molecule has 0 saturated heterocycles. The van der Waals surface area contributed by atoms with Gasteiger partial charge < -0.3 is 34.3 Å². The number of carbonyl (C=O) groups excluding carboxylic acids is 1. The van der Waals surface area contributed by atoms with Crippen molar-refractivity contribution in [3.05, 3.63) is 0 Å². The van der Waals surface area contributed by atoms with Gasteiger partial charge in [0.05, 0.1) is 32.2 Å². The molecule has 43 heavy (non-hydrogen) atoms. The molecular formula is C30H56N5O7P. The first-order valence-corrected chi connectivity index (χ1v) is 18.1. The first-order chi connectivity index (χ1) is 20.9. The highest BCUT2D eigenvalue weighted by Crippen LogP contribution is 2.42. The molecule has 3 atom stereocenters. The molecule has 12 nitrogen and oxygen atoms in total. The van der Waals surface area contributed by atoms with Gasteiger partial charge in [0, 0.05) is 19.8 Å². The number of hydrogen-bond acceptors (Lipinski definition) is 10. The molecule has 13 heteroatoms. The van der Waals surface area contributed by atoms with Gasteiger partial charge in [-0.2, -0.15) is 9.98 Å². The van der Waals surface area contributed by atoms with Crippen LogP contribution in [0.2, 0.25) is 0 Å². The molecule has 2 rings (SSSR count). The minimum atomic E-state index is -3.97. The van der Waals surface area contributed by atoms with Crippen LogP contribution in [0.3, 0.4) is 0 Å². The lowest BCUT2D eigenvalue weighted by Gasteiger charge is -2.26. The van der Waals surface area contributed by atoms with Crippen molar-refractivity contribution < 1.29 is 33.0 Å². The summed E-state index contributed by atoms with van der Waals surface area (Å²) in [7, 11) is -3.97. The van der Waals surface area contributed by atoms with E-state index in [-0.39, 0.29) is 25.7 Å². The summed E-state index contributed by atoms with van der Waals surface area (Å²) in [5.74, 6) is -0.272. The highest BCUT2D eigenvalue weighted by atomic mass is 31.2. The van der Waals surface area contributed by atoms with Gasteiger partial charge in [-0.1, -0.05) is 90.4 Å². The molecule has 0 bridgehead atoms. The van der Waals surface area contributed by atoms with Crippen molar-refractivity contribution in [2.75, 3.05) is 45.9 Å². The van der Waals surface area contributed by atoms with Crippen LogP contribution in [0.1, 0.15) is 110 Å². The zero-order valence-corrected chi connectivity index (χ0v) is 27.4. The molecule has 2 unspecified atom stereocenters. The third-order valence-electron chi connectivity index (χ3n) is 7.33. The summed E-state index contributed by atoms with van der Waals surface area (Å²) in [6.45, 7) is 6.20. The highest BCUT2D eigenvalue weighted by Gasteiger charge is 2.36. The number of amides is 1. The number of hydrogen-bond donors (Lipinski definition) is 2. The van der Waals surface area contributed by atoms with Gasteiger partial charge in [-0.3, -0.25) is 14.4 Å². The number of rotatable bonds is 28. The summed E-state index contributed by atoms with van der Waals surface area (Å²) in [6.07, 6.45) is 19.4. The monoisotopic (exact) mass is 629 g/mol. The number of amidine groups is 1. The molecule has 0 saturated carbocycles. The third-order valence-corrected chi connectivity index (χ3v) is 8.39. The second-order valence-corrected chi connectivity index (χ2v) is 13.0. The largest absolute Gasteiger partial charge is 0.381 e. The van der Waals surface area contributed by atoms with E-state index in [4.69, 9.17) is 24.5 Å². The van der Waals surface area contributed by atoms with Crippen molar-refractivity contribution in [2.24, 2.45) is 20.7 Å². The Labute approximate surface area is 258 Å². The van der Waals surface area contributed by atoms with E-state index in [1.807, 2.05) is 6.92 Å². The van der Waals surface area contributed by atoms with Crippen LogP contribution in [-0.4, -0.2) is 91.9 Å². The van der Waals surface area contributed by atoms with Crippen LogP contribution >= 0.6 is 7.60 Å². The molecule has 0 fully saturated rings. The average Bonchev–Trinajstić information content (AvgIpc) is 3.38. The number of fused-ring (bicyclic) bond motifs is 1. The number of aliphatic imine (C=N–C) groups is 3. The van der Waals surface area contributed by atoms with Gasteiger partial charge >= 0.3 is 7.60 Å². The molecule has 0 aromatic heterocycles. The molecule has 1 amide bonds. The van der Waals surface area contributed by atoms with Gasteiger partial charge in [0.15, 0.2) is 6.04 Å². The predicted molar refractivity (Wildman–Crippen MR) is 171 cm³/mol. The van der Waals surface area contributed by atoms with Crippen molar-refractivity contribution >= 4 is 31.6 Å². The predicted octanol–water partition coefficient (Wildman–Crippen LogP) is 5.42. The molecule has 0 aliphatic carbocycles. The smallest absolute Gasteiger partial charge is 0.353 e. The van der Waals surface area contributed by atoms with Gasteiger partial charge in [-0.05, 0) is 19.8 Å². The van der Waals surface area contributed by atoms with Gasteiger partial charge in [-0.25, -0.2) is 0 Å². The lowest BCUT2D eigenvalue weighted by atomic mass is 10.0. The molecule has 3 N–H and O–H groups in total. The minimum Gasteiger partial charge on any atom is -0.381 e. The molecule has 2 aliphatic heterocycles. The standard InChI is InChI=1S/C30H56N5O7P/c1-3-5-6-7-8-9-10-11-12-13-14-15-16-17-19-40-20-18-21-42-43(37,38)25-41-26(23-39-4-2)22-35-24-32-27-28(35)33-30(31)34-29(27)36/h24,26-27H,3-23,25H2,1-2H3,(H,37,38)(H2,31,34,36)/t26-,27?/m0/s1. The van der Waals surface area contributed by atoms with Crippen molar-refractivity contribution in [3.8, 4) is 0 Å². The van der Waals surface area contributed by atoms with Crippen LogP contribution in [-0.2, 0) is 28.1 Å². The van der Waals surface area contributed by atoms with Crippen LogP contribution < -0.4 is 5.73 Å². The Morgan fingerprint density at radius 3 is 2.12 bits per heavy atom. The molecule has 0 spiro atoms. The fourth-order valence-corrected chi connectivity index (χ4v) is 5.80. The number of nitrogens with two attached hydrogens (primary N) is 1. The van der Waals surface area contributed by atoms with Gasteiger partial charge in [-0.15, -0.1) is 0 Å². The molecule has 2 heterocycles. The summed E-state index contributed by atoms with van der Waals surface area (Å²) in [4.78, 5) is 35.7. The summed E-state index contributed by atoms with van der Waals surface area (Å²) in [5, 5.41) is 0. The summed E-state index contributed by atoms with van der Waals surface area (Å²) < 4.78 is 34.6. The normalized spacial score (nSPS) is 18.4. The zero-order chi connectivity index (χ0) is 31.2. The zero-order valence-electron chi connectivity index (χ0n) is 26.5. The quantitative estimate of drug-likeness (QED) is 0.0851. The lowest BCUT2D eigenvalue weighted by Crippen LogP contribution is -2.44. The summed E-state index contributed by atoms with van der Waals surface area (Å²) in [5.41, 5.74) is 5.62. The number of nitrogens with zero attached hydrogens (tertiary/aromatic N) is 4. The first kappa shape index (κ1) is 37.5. The topological polar surface area (TPSA) is 158 Å². The SMILES string of the molecule is CCCCCCCCCCCCCCCCOCCCOP(=O)(O)CO[C@H](COCC)CN1C=NC2C(=O)N=C(N)N=C21. The first-order valence-electron chi connectivity index (χ1n) is 16.4. The summed E-state index contributed by atoms with van der Waals surface area (Å²) in [6, 6.07) is -0.830. The Morgan fingerprint density at radius 1 is 0.884 bits per heavy atom. The molecule has 0 radical (unpaired) electrons. The molecule has 2 aliphatic rings. The Bertz CT molecular complexity index is 917. The van der Waals surface area contributed by atoms with Crippen LogP contribution in [0.4, 0.5) is 0 Å². The van der Waals surface area contributed by atoms with Crippen LogP contribution in [0.15, 0.2) is 15.0 Å². The fraction of sp³-hybridized carbons (Fsp3) is 0.867. The maximum absolute atomic E-state index is 12.5. The van der Waals surface area contributed by atoms with E-state index in [1.165, 1.54) is 89.8 Å². The maximum atomic E-state index is 12.5. The molecular weight excluding hydrogens is 573 g/mol. The Hall–Kier alpha value is -1.69. The van der Waals surface area contributed by atoms with E-state index in [0.717, 1.165) is 6.42 Å². The fourth-order valence-electron chi connectivity index (χ4n) is 4.91. The highest BCUT2D eigenvalue weighted by molar-refractivity contribution is 7.52. The minimum absolute atomic E-state index is 0.101. The van der Waals surface area contributed by atoms with Crippen molar-refractivity contribution in [3.63, 3.8) is 0 Å². The van der Waals surface area contributed by atoms with E-state index in [9.17, 15) is 14.3 Å². The van der Waals surface area contributed by atoms with Gasteiger partial charge in [0.1, 0.15) is 12.2 Å². The second-order valence-electron chi connectivity index (χ2n) is 11.2. The Morgan fingerprint density at radius 2 is 1.49 bits per heavy atom. The maximum Gasteiger partial charge on any atom is 0.353 e.